The van der Waals surface area contributed by atoms with E-state index in [-0.39, 0.29) is 17.3 Å². The first kappa shape index (κ1) is 20.4. The van der Waals surface area contributed by atoms with E-state index >= 15 is 0 Å². The highest BCUT2D eigenvalue weighted by Gasteiger charge is 2.31. The maximum atomic E-state index is 12.5. The van der Waals surface area contributed by atoms with Gasteiger partial charge in [-0.25, -0.2) is 9.97 Å². The smallest absolute Gasteiger partial charge is 0.252 e. The lowest BCUT2D eigenvalue weighted by molar-refractivity contribution is -0.113. The molecule has 0 saturated carbocycles. The normalized spacial score (nSPS) is 16.2. The zero-order valence-electron chi connectivity index (χ0n) is 17.8. The van der Waals surface area contributed by atoms with Crippen LogP contribution in [0.4, 0.5) is 5.82 Å². The fourth-order valence-electron chi connectivity index (χ4n) is 3.59. The molecular weight excluding hydrogens is 398 g/mol. The molecule has 1 aliphatic rings. The number of amides is 1. The number of hydrogen-bond acceptors (Lipinski definition) is 6. The van der Waals surface area contributed by atoms with Gasteiger partial charge in [0.2, 0.25) is 5.91 Å². The summed E-state index contributed by atoms with van der Waals surface area (Å²) in [5.74, 6) is 2.23. The molecule has 0 radical (unpaired) electrons. The Labute approximate surface area is 180 Å². The van der Waals surface area contributed by atoms with Gasteiger partial charge >= 0.3 is 0 Å². The van der Waals surface area contributed by atoms with Gasteiger partial charge in [-0.2, -0.15) is 9.78 Å². The Balaban J connectivity index is 1.80. The highest BCUT2D eigenvalue weighted by molar-refractivity contribution is 8.00. The summed E-state index contributed by atoms with van der Waals surface area (Å²) in [4.78, 5) is 21.6. The van der Waals surface area contributed by atoms with E-state index in [4.69, 9.17) is 9.84 Å². The number of aromatic nitrogens is 4. The van der Waals surface area contributed by atoms with E-state index in [0.717, 1.165) is 34.0 Å². The van der Waals surface area contributed by atoms with Crippen molar-refractivity contribution in [3.05, 3.63) is 58.5 Å². The molecule has 4 rings (SSSR count). The summed E-state index contributed by atoms with van der Waals surface area (Å²) in [6.45, 7) is 9.81. The minimum atomic E-state index is -0.0611. The largest absolute Gasteiger partial charge is 0.491 e. The predicted molar refractivity (Wildman–Crippen MR) is 119 cm³/mol. The van der Waals surface area contributed by atoms with E-state index in [2.05, 4.69) is 27.4 Å². The van der Waals surface area contributed by atoms with Gasteiger partial charge in [0.05, 0.1) is 22.8 Å². The van der Waals surface area contributed by atoms with Crippen LogP contribution in [0.2, 0.25) is 0 Å². The molecule has 1 aliphatic heterocycles. The van der Waals surface area contributed by atoms with Gasteiger partial charge in [-0.1, -0.05) is 12.1 Å². The monoisotopic (exact) mass is 423 g/mol. The molecule has 0 saturated heterocycles. The first-order valence-corrected chi connectivity index (χ1v) is 11.0. The van der Waals surface area contributed by atoms with Gasteiger partial charge in [-0.15, -0.1) is 11.8 Å². The number of hydrogen-bond donors (Lipinski definition) is 1. The van der Waals surface area contributed by atoms with Crippen molar-refractivity contribution in [1.82, 2.24) is 19.7 Å². The van der Waals surface area contributed by atoms with E-state index in [1.54, 1.807) is 16.4 Å². The molecule has 0 spiro atoms. The number of fused-ring (bicyclic) bond motifs is 1. The quantitative estimate of drug-likeness (QED) is 0.679. The molecule has 8 heteroatoms. The van der Waals surface area contributed by atoms with E-state index in [1.165, 1.54) is 0 Å². The molecule has 0 bridgehead atoms. The van der Waals surface area contributed by atoms with Crippen molar-refractivity contribution in [2.75, 3.05) is 11.1 Å². The van der Waals surface area contributed by atoms with Crippen molar-refractivity contribution in [1.29, 1.82) is 0 Å². The molecule has 1 amide bonds. The summed E-state index contributed by atoms with van der Waals surface area (Å²) in [5.41, 5.74) is 4.62. The van der Waals surface area contributed by atoms with Gasteiger partial charge in [0.15, 0.2) is 0 Å². The molecule has 1 atom stereocenters. The highest BCUT2D eigenvalue weighted by atomic mass is 32.2. The van der Waals surface area contributed by atoms with Crippen LogP contribution >= 0.6 is 11.8 Å². The third-order valence-electron chi connectivity index (χ3n) is 4.72. The zero-order valence-corrected chi connectivity index (χ0v) is 18.6. The molecule has 7 nitrogen and oxygen atoms in total. The van der Waals surface area contributed by atoms with Crippen molar-refractivity contribution < 1.29 is 9.53 Å². The van der Waals surface area contributed by atoms with Crippen LogP contribution < -0.4 is 10.1 Å². The Morgan fingerprint density at radius 2 is 1.80 bits per heavy atom. The molecular formula is C22H25N5O2S. The Morgan fingerprint density at radius 3 is 2.43 bits per heavy atom. The third-order valence-corrected chi connectivity index (χ3v) is 5.99. The molecule has 3 aromatic rings. The van der Waals surface area contributed by atoms with E-state index in [0.29, 0.717) is 17.5 Å². The maximum Gasteiger partial charge on any atom is 0.252 e. The number of nitrogens with one attached hydrogen (secondary N) is 1. The standard InChI is InChI=1S/C22H25N5O2S/c1-12(2)29-17-8-6-16(7-9-17)20-19-15(5)26-27(21(19)25-18(28)11-30-20)22-23-13(3)10-14(4)24-22/h6-10,12,20H,11H2,1-5H3,(H,25,28)/t20-/m1/s1. The van der Waals surface area contributed by atoms with Crippen molar-refractivity contribution >= 4 is 23.5 Å². The summed E-state index contributed by atoms with van der Waals surface area (Å²) in [6, 6.07) is 9.97. The SMILES string of the molecule is Cc1cc(C)nc(-n2nc(C)c3c2NC(=O)CS[C@@H]3c2ccc(OC(C)C)cc2)n1. The fraction of sp³-hybridized carbons (Fsp3) is 0.364. The van der Waals surface area contributed by atoms with Crippen LogP contribution in [-0.2, 0) is 4.79 Å². The van der Waals surface area contributed by atoms with Gasteiger partial charge in [-0.05, 0) is 58.4 Å². The van der Waals surface area contributed by atoms with Gasteiger partial charge in [0.1, 0.15) is 11.6 Å². The minimum Gasteiger partial charge on any atom is -0.491 e. The minimum absolute atomic E-state index is 0.0355. The van der Waals surface area contributed by atoms with Crippen LogP contribution in [0.25, 0.3) is 5.95 Å². The van der Waals surface area contributed by atoms with Crippen LogP contribution in [0.15, 0.2) is 30.3 Å². The van der Waals surface area contributed by atoms with Crippen molar-refractivity contribution in [3.8, 4) is 11.7 Å². The van der Waals surface area contributed by atoms with Crippen molar-refractivity contribution in [2.45, 2.75) is 46.0 Å². The average molecular weight is 424 g/mol. The first-order valence-electron chi connectivity index (χ1n) is 9.92. The fourth-order valence-corrected chi connectivity index (χ4v) is 4.78. The second kappa shape index (κ2) is 8.10. The highest BCUT2D eigenvalue weighted by Crippen LogP contribution is 2.43. The van der Waals surface area contributed by atoms with Gasteiger partial charge in [0, 0.05) is 17.0 Å². The molecule has 156 valence electrons. The predicted octanol–water partition coefficient (Wildman–Crippen LogP) is 4.15. The first-order chi connectivity index (χ1) is 14.3. The summed E-state index contributed by atoms with van der Waals surface area (Å²) >= 11 is 1.59. The lowest BCUT2D eigenvalue weighted by Crippen LogP contribution is -2.17. The summed E-state index contributed by atoms with van der Waals surface area (Å²) < 4.78 is 7.42. The van der Waals surface area contributed by atoms with E-state index in [9.17, 15) is 4.79 Å². The number of benzene rings is 1. The lowest BCUT2D eigenvalue weighted by atomic mass is 10.0. The molecule has 2 aromatic heterocycles. The molecule has 0 fully saturated rings. The van der Waals surface area contributed by atoms with Crippen molar-refractivity contribution in [2.24, 2.45) is 0 Å². The Morgan fingerprint density at radius 1 is 1.13 bits per heavy atom. The molecule has 3 heterocycles. The molecule has 30 heavy (non-hydrogen) atoms. The lowest BCUT2D eigenvalue weighted by Gasteiger charge is -2.16. The van der Waals surface area contributed by atoms with Gasteiger partial charge < -0.3 is 10.1 Å². The Hall–Kier alpha value is -2.87. The number of rotatable bonds is 4. The van der Waals surface area contributed by atoms with Crippen LogP contribution in [0, 0.1) is 20.8 Å². The summed E-state index contributed by atoms with van der Waals surface area (Å²) in [5, 5.41) is 7.68. The Kier molecular flexibility index (Phi) is 5.51. The van der Waals surface area contributed by atoms with Crippen LogP contribution in [0.3, 0.4) is 0 Å². The molecule has 0 aliphatic carbocycles. The topological polar surface area (TPSA) is 81.9 Å². The second-order valence-electron chi connectivity index (χ2n) is 7.69. The third kappa shape index (κ3) is 4.05. The van der Waals surface area contributed by atoms with Crippen LogP contribution in [0.1, 0.15) is 47.3 Å². The number of thioether (sulfide) groups is 1. The van der Waals surface area contributed by atoms with E-state index in [1.807, 2.05) is 52.8 Å². The van der Waals surface area contributed by atoms with Crippen LogP contribution in [0.5, 0.6) is 5.75 Å². The van der Waals surface area contributed by atoms with Crippen LogP contribution in [-0.4, -0.2) is 37.5 Å². The summed E-state index contributed by atoms with van der Waals surface area (Å²) in [6.07, 6.45) is 0.120. The van der Waals surface area contributed by atoms with Crippen molar-refractivity contribution in [3.63, 3.8) is 0 Å². The number of carbonyl (C=O) groups is 1. The Bertz CT molecular complexity index is 1070. The molecule has 1 N–H and O–H groups in total. The number of ether oxygens (including phenoxy) is 1. The van der Waals surface area contributed by atoms with Gasteiger partial charge in [0.25, 0.3) is 5.95 Å². The zero-order chi connectivity index (χ0) is 21.4. The number of nitrogens with zero attached hydrogens (tertiary/aromatic N) is 4. The average Bonchev–Trinajstić information content (AvgIpc) is 2.87. The van der Waals surface area contributed by atoms with E-state index < -0.39 is 0 Å². The maximum absolute atomic E-state index is 12.5. The number of anilines is 1. The second-order valence-corrected chi connectivity index (χ2v) is 8.78. The number of aryl methyl sites for hydroxylation is 3. The molecule has 1 aromatic carbocycles. The molecule has 0 unspecified atom stereocenters. The number of carbonyl (C=O) groups excluding carboxylic acids is 1. The summed E-state index contributed by atoms with van der Waals surface area (Å²) in [7, 11) is 0. The van der Waals surface area contributed by atoms with Gasteiger partial charge in [-0.3, -0.25) is 4.79 Å².